The van der Waals surface area contributed by atoms with Gasteiger partial charge >= 0.3 is 5.97 Å². The van der Waals surface area contributed by atoms with Crippen molar-refractivity contribution in [3.05, 3.63) is 33.9 Å². The average Bonchev–Trinajstić information content (AvgIpc) is 2.70. The van der Waals surface area contributed by atoms with Crippen molar-refractivity contribution in [1.82, 2.24) is 4.98 Å². The first-order valence-electron chi connectivity index (χ1n) is 4.83. The van der Waals surface area contributed by atoms with Crippen LogP contribution in [0.4, 0.5) is 5.00 Å². The van der Waals surface area contributed by atoms with Crippen LogP contribution < -0.4 is 5.73 Å². The van der Waals surface area contributed by atoms with Crippen molar-refractivity contribution in [1.29, 1.82) is 0 Å². The van der Waals surface area contributed by atoms with Crippen LogP contribution in [0.1, 0.15) is 10.5 Å². The highest BCUT2D eigenvalue weighted by molar-refractivity contribution is 7.19. The highest BCUT2D eigenvalue weighted by atomic mass is 35.5. The molecule has 1 heterocycles. The summed E-state index contributed by atoms with van der Waals surface area (Å²) in [7, 11) is 1.27. The maximum atomic E-state index is 11.4. The van der Waals surface area contributed by atoms with Gasteiger partial charge in [-0.2, -0.15) is 0 Å². The van der Waals surface area contributed by atoms with Crippen LogP contribution >= 0.6 is 34.5 Å². The van der Waals surface area contributed by atoms with Gasteiger partial charge in [0.15, 0.2) is 5.69 Å². The van der Waals surface area contributed by atoms with Crippen molar-refractivity contribution in [2.45, 2.75) is 0 Å². The summed E-state index contributed by atoms with van der Waals surface area (Å²) in [4.78, 5) is 15.5. The molecular weight excluding hydrogens is 295 g/mol. The van der Waals surface area contributed by atoms with E-state index in [1.165, 1.54) is 7.11 Å². The number of carbonyl (C=O) groups is 1. The molecule has 0 amide bonds. The lowest BCUT2D eigenvalue weighted by molar-refractivity contribution is 0.0596. The third-order valence-electron chi connectivity index (χ3n) is 2.21. The fourth-order valence-electron chi connectivity index (χ4n) is 1.38. The predicted molar refractivity (Wildman–Crippen MR) is 73.3 cm³/mol. The highest BCUT2D eigenvalue weighted by Crippen LogP contribution is 2.38. The van der Waals surface area contributed by atoms with Crippen molar-refractivity contribution in [2.75, 3.05) is 12.8 Å². The monoisotopic (exact) mass is 302 g/mol. The molecule has 0 saturated carbocycles. The van der Waals surface area contributed by atoms with E-state index < -0.39 is 5.97 Å². The number of ether oxygens (including phenoxy) is 1. The number of benzene rings is 1. The minimum absolute atomic E-state index is 0.0773. The van der Waals surface area contributed by atoms with E-state index in [1.807, 2.05) is 0 Å². The maximum Gasteiger partial charge on any atom is 0.359 e. The molecule has 4 nitrogen and oxygen atoms in total. The number of nitrogens with zero attached hydrogens (tertiary/aromatic N) is 1. The van der Waals surface area contributed by atoms with Crippen LogP contribution in [0, 0.1) is 0 Å². The van der Waals surface area contributed by atoms with E-state index in [2.05, 4.69) is 9.72 Å². The van der Waals surface area contributed by atoms with Crippen LogP contribution in [0.25, 0.3) is 10.6 Å². The Kier molecular flexibility index (Phi) is 3.75. The van der Waals surface area contributed by atoms with Gasteiger partial charge in [-0.3, -0.25) is 0 Å². The smallest absolute Gasteiger partial charge is 0.359 e. The summed E-state index contributed by atoms with van der Waals surface area (Å²) in [5, 5.41) is 1.66. The third kappa shape index (κ3) is 2.29. The molecule has 0 unspecified atom stereocenters. The lowest BCUT2D eigenvalue weighted by Crippen LogP contribution is -2.04. The summed E-state index contributed by atoms with van der Waals surface area (Å²) in [5.74, 6) is -0.585. The number of hydrogen-bond donors (Lipinski definition) is 1. The Bertz CT molecular complexity index is 593. The molecule has 1 aromatic heterocycles. The van der Waals surface area contributed by atoms with Crippen molar-refractivity contribution in [3.8, 4) is 10.6 Å². The Morgan fingerprint density at radius 2 is 2.00 bits per heavy atom. The minimum atomic E-state index is -0.585. The molecule has 0 bridgehead atoms. The van der Waals surface area contributed by atoms with Gasteiger partial charge in [0, 0.05) is 5.56 Å². The molecule has 0 saturated heterocycles. The first-order chi connectivity index (χ1) is 8.54. The molecule has 0 aliphatic carbocycles. The predicted octanol–water partition coefficient (Wildman–Crippen LogP) is 3.49. The average molecular weight is 303 g/mol. The largest absolute Gasteiger partial charge is 0.464 e. The topological polar surface area (TPSA) is 65.2 Å². The lowest BCUT2D eigenvalue weighted by atomic mass is 10.2. The van der Waals surface area contributed by atoms with Crippen LogP contribution in [0.5, 0.6) is 0 Å². The van der Waals surface area contributed by atoms with Gasteiger partial charge in [-0.1, -0.05) is 40.6 Å². The van der Waals surface area contributed by atoms with E-state index in [4.69, 9.17) is 28.9 Å². The summed E-state index contributed by atoms with van der Waals surface area (Å²) in [6.07, 6.45) is 0. The van der Waals surface area contributed by atoms with E-state index in [-0.39, 0.29) is 10.7 Å². The standard InChI is InChI=1S/C11H8Cl2N2O2S/c1-17-11(16)8-9(14)18-10(15-8)7-5(12)3-2-4-6(7)13/h2-4H,14H2,1H3. The van der Waals surface area contributed by atoms with E-state index in [0.29, 0.717) is 20.6 Å². The van der Waals surface area contributed by atoms with E-state index in [0.717, 1.165) is 11.3 Å². The molecule has 2 rings (SSSR count). The van der Waals surface area contributed by atoms with Gasteiger partial charge in [0.05, 0.1) is 17.2 Å². The van der Waals surface area contributed by atoms with Crippen LogP contribution in [-0.4, -0.2) is 18.1 Å². The van der Waals surface area contributed by atoms with Gasteiger partial charge in [0.1, 0.15) is 10.0 Å². The number of thiazole rings is 1. The number of aromatic nitrogens is 1. The Morgan fingerprint density at radius 3 is 2.56 bits per heavy atom. The zero-order valence-electron chi connectivity index (χ0n) is 9.24. The molecule has 2 aromatic rings. The Balaban J connectivity index is 2.56. The van der Waals surface area contributed by atoms with Crippen LogP contribution in [0.2, 0.25) is 10.0 Å². The normalized spacial score (nSPS) is 10.4. The number of methoxy groups -OCH3 is 1. The number of rotatable bonds is 2. The number of anilines is 1. The highest BCUT2D eigenvalue weighted by Gasteiger charge is 2.20. The summed E-state index contributed by atoms with van der Waals surface area (Å²) in [5.41, 5.74) is 6.36. The van der Waals surface area contributed by atoms with Crippen molar-refractivity contribution >= 4 is 45.5 Å². The van der Waals surface area contributed by atoms with E-state index in [9.17, 15) is 4.79 Å². The van der Waals surface area contributed by atoms with Gasteiger partial charge in [0.2, 0.25) is 0 Å². The van der Waals surface area contributed by atoms with Crippen LogP contribution in [-0.2, 0) is 4.74 Å². The molecule has 0 aliphatic rings. The quantitative estimate of drug-likeness (QED) is 0.863. The van der Waals surface area contributed by atoms with Crippen molar-refractivity contribution in [2.24, 2.45) is 0 Å². The minimum Gasteiger partial charge on any atom is -0.464 e. The van der Waals surface area contributed by atoms with Crippen molar-refractivity contribution < 1.29 is 9.53 Å². The second kappa shape index (κ2) is 5.14. The first-order valence-corrected chi connectivity index (χ1v) is 6.41. The zero-order chi connectivity index (χ0) is 13.3. The molecule has 94 valence electrons. The summed E-state index contributed by atoms with van der Waals surface area (Å²) < 4.78 is 4.59. The Morgan fingerprint density at radius 1 is 1.39 bits per heavy atom. The van der Waals surface area contributed by atoms with Crippen LogP contribution in [0.3, 0.4) is 0 Å². The molecule has 7 heteroatoms. The molecule has 0 spiro atoms. The lowest BCUT2D eigenvalue weighted by Gasteiger charge is -2.02. The number of halogens is 2. The Hall–Kier alpha value is -1.30. The van der Waals surface area contributed by atoms with E-state index >= 15 is 0 Å². The van der Waals surface area contributed by atoms with E-state index in [1.54, 1.807) is 18.2 Å². The summed E-state index contributed by atoms with van der Waals surface area (Å²) in [6, 6.07) is 5.11. The molecule has 18 heavy (non-hydrogen) atoms. The summed E-state index contributed by atoms with van der Waals surface area (Å²) in [6.45, 7) is 0. The number of carbonyl (C=O) groups excluding carboxylic acids is 1. The second-order valence-electron chi connectivity index (χ2n) is 3.32. The fraction of sp³-hybridized carbons (Fsp3) is 0.0909. The SMILES string of the molecule is COC(=O)c1nc(-c2c(Cl)cccc2Cl)sc1N. The number of esters is 1. The summed E-state index contributed by atoms with van der Waals surface area (Å²) >= 11 is 13.3. The molecule has 0 atom stereocenters. The number of nitrogen functional groups attached to an aromatic ring is 1. The maximum absolute atomic E-state index is 11.4. The first kappa shape index (κ1) is 13.1. The molecule has 2 N–H and O–H groups in total. The van der Waals surface area contributed by atoms with Crippen LogP contribution in [0.15, 0.2) is 18.2 Å². The Labute approximate surface area is 117 Å². The van der Waals surface area contributed by atoms with Gasteiger partial charge in [-0.15, -0.1) is 0 Å². The zero-order valence-corrected chi connectivity index (χ0v) is 11.6. The van der Waals surface area contributed by atoms with Gasteiger partial charge < -0.3 is 10.5 Å². The second-order valence-corrected chi connectivity index (χ2v) is 5.17. The van der Waals surface area contributed by atoms with Crippen molar-refractivity contribution in [3.63, 3.8) is 0 Å². The molecule has 0 aliphatic heterocycles. The molecule has 0 radical (unpaired) electrons. The third-order valence-corrected chi connectivity index (χ3v) is 3.74. The molecule has 1 aromatic carbocycles. The molecular formula is C11H8Cl2N2O2S. The molecule has 0 fully saturated rings. The van der Waals surface area contributed by atoms with Gasteiger partial charge in [0.25, 0.3) is 0 Å². The number of hydrogen-bond acceptors (Lipinski definition) is 5. The fourth-order valence-corrected chi connectivity index (χ4v) is 2.97. The van der Waals surface area contributed by atoms with Gasteiger partial charge in [-0.25, -0.2) is 9.78 Å². The van der Waals surface area contributed by atoms with Gasteiger partial charge in [-0.05, 0) is 12.1 Å². The number of nitrogens with two attached hydrogens (primary N) is 1.